The van der Waals surface area contributed by atoms with E-state index in [-0.39, 0.29) is 5.91 Å². The number of thiazole rings is 1. The van der Waals surface area contributed by atoms with E-state index < -0.39 is 0 Å². The quantitative estimate of drug-likeness (QED) is 0.327. The smallest absolute Gasteiger partial charge is 0.279 e. The van der Waals surface area contributed by atoms with Gasteiger partial charge in [0.15, 0.2) is 11.5 Å². The topological polar surface area (TPSA) is 84.0 Å². The Hall–Kier alpha value is -4.06. The van der Waals surface area contributed by atoms with E-state index in [1.54, 1.807) is 18.1 Å². The van der Waals surface area contributed by atoms with Crippen LogP contribution in [-0.2, 0) is 0 Å². The molecule has 0 radical (unpaired) electrons. The van der Waals surface area contributed by atoms with Crippen LogP contribution in [0.2, 0.25) is 0 Å². The molecule has 0 bridgehead atoms. The number of piperidine rings is 1. The lowest BCUT2D eigenvalue weighted by Crippen LogP contribution is -2.52. The van der Waals surface area contributed by atoms with E-state index in [1.807, 2.05) is 42.3 Å². The summed E-state index contributed by atoms with van der Waals surface area (Å²) in [5.41, 5.74) is 5.41. The number of aryl methyl sites for hydroxylation is 1. The van der Waals surface area contributed by atoms with Crippen LogP contribution in [0.3, 0.4) is 0 Å². The Balaban J connectivity index is 1.07. The van der Waals surface area contributed by atoms with Gasteiger partial charge >= 0.3 is 0 Å². The lowest BCUT2D eigenvalue weighted by molar-refractivity contribution is 0.0982. The highest BCUT2D eigenvalue weighted by Gasteiger charge is 2.33. The fourth-order valence-electron chi connectivity index (χ4n) is 6.44. The van der Waals surface area contributed by atoms with Crippen LogP contribution in [0.1, 0.15) is 28.9 Å². The van der Waals surface area contributed by atoms with Crippen molar-refractivity contribution in [2.24, 2.45) is 0 Å². The number of likely N-dealkylation sites (N-methyl/N-ethyl adjacent to an activating group) is 1. The van der Waals surface area contributed by atoms with E-state index >= 15 is 0 Å². The summed E-state index contributed by atoms with van der Waals surface area (Å²) in [6.07, 6.45) is 4.14. The van der Waals surface area contributed by atoms with Crippen LogP contribution >= 0.6 is 11.3 Å². The lowest BCUT2D eigenvalue weighted by Gasteiger charge is -2.42. The molecule has 0 spiro atoms. The Morgan fingerprint density at radius 2 is 1.64 bits per heavy atom. The van der Waals surface area contributed by atoms with Crippen molar-refractivity contribution in [1.82, 2.24) is 24.8 Å². The Kier molecular flexibility index (Phi) is 7.69. The number of anilines is 6. The Morgan fingerprint density at radius 1 is 0.886 bits per heavy atom. The zero-order valence-electron chi connectivity index (χ0n) is 25.8. The van der Waals surface area contributed by atoms with Gasteiger partial charge in [-0.15, -0.1) is 0 Å². The van der Waals surface area contributed by atoms with Crippen molar-refractivity contribution in [3.63, 3.8) is 0 Å². The highest BCUT2D eigenvalue weighted by molar-refractivity contribution is 7.19. The summed E-state index contributed by atoms with van der Waals surface area (Å²) in [5.74, 6) is 0.960. The van der Waals surface area contributed by atoms with Crippen LogP contribution in [-0.4, -0.2) is 97.1 Å². The average Bonchev–Trinajstić information content (AvgIpc) is 3.49. The van der Waals surface area contributed by atoms with Crippen molar-refractivity contribution in [3.05, 3.63) is 66.0 Å². The molecule has 2 aromatic heterocycles. The van der Waals surface area contributed by atoms with Crippen molar-refractivity contribution >= 4 is 51.1 Å². The van der Waals surface area contributed by atoms with Crippen molar-refractivity contribution in [2.45, 2.75) is 25.8 Å². The Labute approximate surface area is 263 Å². The zero-order chi connectivity index (χ0) is 30.4. The molecule has 5 heterocycles. The van der Waals surface area contributed by atoms with Crippen molar-refractivity contribution < 1.29 is 4.79 Å². The number of carbonyl (C=O) groups is 1. The summed E-state index contributed by atoms with van der Waals surface area (Å²) in [6, 6.07) is 17.2. The minimum atomic E-state index is -0.174. The molecule has 2 saturated heterocycles. The molecule has 11 heteroatoms. The number of rotatable bonds is 5. The van der Waals surface area contributed by atoms with Crippen LogP contribution in [0.4, 0.5) is 33.8 Å². The third-order valence-corrected chi connectivity index (χ3v) is 10.4. The molecule has 0 atom stereocenters. The van der Waals surface area contributed by atoms with Gasteiger partial charge in [0.05, 0.1) is 6.20 Å². The third-order valence-electron chi connectivity index (χ3n) is 9.21. The molecule has 4 aromatic rings. The summed E-state index contributed by atoms with van der Waals surface area (Å²) in [7, 11) is 5.90. The number of nitrogens with one attached hydrogen (secondary N) is 1. The number of benzene rings is 2. The van der Waals surface area contributed by atoms with Crippen LogP contribution in [0.5, 0.6) is 0 Å². The van der Waals surface area contributed by atoms with E-state index in [1.165, 1.54) is 56.0 Å². The largest absolute Gasteiger partial charge is 0.371 e. The number of aromatic nitrogens is 3. The van der Waals surface area contributed by atoms with E-state index in [0.29, 0.717) is 29.2 Å². The predicted molar refractivity (Wildman–Crippen MR) is 179 cm³/mol. The number of piperazine rings is 1. The van der Waals surface area contributed by atoms with Crippen molar-refractivity contribution in [3.8, 4) is 10.6 Å². The standard InChI is InChI=1S/C33H39N9OS/c1-22-20-25(41-14-12-24(13-15-41)42-18-16-38(2)17-19-42)10-11-26(22)35-33-34-21-27-29(37-33)40(4)32-28(31(43)39(27)3)36-30(44-32)23-8-6-5-7-9-23/h5-11,20-21,24H,12-19H2,1-4H3,(H,34,35,37). The number of amides is 1. The van der Waals surface area contributed by atoms with Gasteiger partial charge in [0.2, 0.25) is 5.95 Å². The fourth-order valence-corrected chi connectivity index (χ4v) is 7.47. The van der Waals surface area contributed by atoms with Crippen molar-refractivity contribution in [1.29, 1.82) is 0 Å². The predicted octanol–water partition coefficient (Wildman–Crippen LogP) is 5.23. The molecule has 0 unspecified atom stereocenters. The zero-order valence-corrected chi connectivity index (χ0v) is 26.6. The first-order chi connectivity index (χ1) is 21.4. The van der Waals surface area contributed by atoms with E-state index in [0.717, 1.165) is 39.9 Å². The minimum absolute atomic E-state index is 0.174. The first-order valence-corrected chi connectivity index (χ1v) is 16.2. The molecule has 0 saturated carbocycles. The number of nitrogens with zero attached hydrogens (tertiary/aromatic N) is 8. The molecule has 2 aromatic carbocycles. The average molecular weight is 610 g/mol. The molecule has 228 valence electrons. The molecule has 10 nitrogen and oxygen atoms in total. The normalized spacial score (nSPS) is 18.3. The summed E-state index contributed by atoms with van der Waals surface area (Å²) >= 11 is 1.49. The van der Waals surface area contributed by atoms with Gasteiger partial charge in [-0.2, -0.15) is 4.98 Å². The molecular formula is C33H39N9OS. The molecule has 7 rings (SSSR count). The summed E-state index contributed by atoms with van der Waals surface area (Å²) in [6.45, 7) is 9.02. The molecule has 1 N–H and O–H groups in total. The summed E-state index contributed by atoms with van der Waals surface area (Å²) < 4.78 is 0. The maximum atomic E-state index is 13.4. The summed E-state index contributed by atoms with van der Waals surface area (Å²) in [5, 5.41) is 5.00. The van der Waals surface area contributed by atoms with Crippen LogP contribution < -0.4 is 20.0 Å². The molecule has 3 aliphatic rings. The molecule has 44 heavy (non-hydrogen) atoms. The summed E-state index contributed by atoms with van der Waals surface area (Å²) in [4.78, 5) is 38.8. The number of hydrogen-bond donors (Lipinski definition) is 1. The van der Waals surface area contributed by atoms with E-state index in [9.17, 15) is 4.79 Å². The van der Waals surface area contributed by atoms with Crippen LogP contribution in [0.25, 0.3) is 10.6 Å². The van der Waals surface area contributed by atoms with Gasteiger partial charge in [-0.05, 0) is 50.6 Å². The second-order valence-electron chi connectivity index (χ2n) is 12.0. The Morgan fingerprint density at radius 3 is 2.36 bits per heavy atom. The molecular weight excluding hydrogens is 570 g/mol. The van der Waals surface area contributed by atoms with Gasteiger partial charge in [-0.1, -0.05) is 41.7 Å². The SMILES string of the molecule is Cc1cc(N2CCC(N3CCN(C)CC3)CC2)ccc1Nc1ncc2c(n1)N(C)c1sc(-c3ccccc3)nc1C(=O)N2C. The first kappa shape index (κ1) is 28.7. The maximum absolute atomic E-state index is 13.4. The lowest BCUT2D eigenvalue weighted by atomic mass is 10.0. The van der Waals surface area contributed by atoms with Gasteiger partial charge in [0.1, 0.15) is 15.7 Å². The van der Waals surface area contributed by atoms with Crippen molar-refractivity contribution in [2.75, 3.05) is 80.4 Å². The first-order valence-electron chi connectivity index (χ1n) is 15.4. The third kappa shape index (κ3) is 5.40. The maximum Gasteiger partial charge on any atom is 0.279 e. The molecule has 2 fully saturated rings. The molecule has 3 aliphatic heterocycles. The number of carbonyl (C=O) groups excluding carboxylic acids is 1. The van der Waals surface area contributed by atoms with Crippen LogP contribution in [0, 0.1) is 6.92 Å². The van der Waals surface area contributed by atoms with E-state index in [2.05, 4.69) is 57.2 Å². The number of fused-ring (bicyclic) bond motifs is 2. The van der Waals surface area contributed by atoms with Gasteiger partial charge in [0, 0.05) is 76.3 Å². The number of hydrogen-bond acceptors (Lipinski definition) is 10. The highest BCUT2D eigenvalue weighted by atomic mass is 32.1. The van der Waals surface area contributed by atoms with Crippen LogP contribution in [0.15, 0.2) is 54.7 Å². The monoisotopic (exact) mass is 609 g/mol. The fraction of sp³-hybridized carbons (Fsp3) is 0.394. The molecule has 0 aliphatic carbocycles. The van der Waals surface area contributed by atoms with Gasteiger partial charge in [0.25, 0.3) is 5.91 Å². The highest BCUT2D eigenvalue weighted by Crippen LogP contribution is 2.43. The Bertz CT molecular complexity index is 1660. The second-order valence-corrected chi connectivity index (χ2v) is 13.0. The second kappa shape index (κ2) is 11.8. The van der Waals surface area contributed by atoms with Gasteiger partial charge in [-0.25, -0.2) is 9.97 Å². The van der Waals surface area contributed by atoms with Gasteiger partial charge in [-0.3, -0.25) is 9.69 Å². The minimum Gasteiger partial charge on any atom is -0.371 e. The molecule has 1 amide bonds. The van der Waals surface area contributed by atoms with Gasteiger partial charge < -0.3 is 24.9 Å². The van der Waals surface area contributed by atoms with E-state index in [4.69, 9.17) is 9.97 Å².